The Labute approximate surface area is 195 Å². The fraction of sp³-hybridized carbons (Fsp3) is 0.304. The molecular formula is C23H22Cl2N6O. The molecule has 0 spiro atoms. The number of aromatic amines is 1. The van der Waals surface area contributed by atoms with E-state index in [-0.39, 0.29) is 11.9 Å². The van der Waals surface area contributed by atoms with Crippen LogP contribution in [0.4, 0.5) is 5.82 Å². The lowest BCUT2D eigenvalue weighted by molar-refractivity contribution is 0.0724. The molecule has 0 aliphatic carbocycles. The van der Waals surface area contributed by atoms with Gasteiger partial charge in [-0.25, -0.2) is 15.0 Å². The third-order valence-corrected chi connectivity index (χ3v) is 6.37. The zero-order chi connectivity index (χ0) is 22.2. The van der Waals surface area contributed by atoms with Crippen molar-refractivity contribution < 1.29 is 4.79 Å². The van der Waals surface area contributed by atoms with E-state index >= 15 is 0 Å². The maximum absolute atomic E-state index is 13.0. The Morgan fingerprint density at radius 3 is 2.72 bits per heavy atom. The van der Waals surface area contributed by atoms with Gasteiger partial charge in [-0.2, -0.15) is 0 Å². The predicted octanol–water partition coefficient (Wildman–Crippen LogP) is 5.61. The summed E-state index contributed by atoms with van der Waals surface area (Å²) < 4.78 is 0. The van der Waals surface area contributed by atoms with Crippen LogP contribution in [-0.2, 0) is 0 Å². The molecule has 2 aromatic heterocycles. The largest absolute Gasteiger partial charge is 0.360 e. The zero-order valence-corrected chi connectivity index (χ0v) is 19.0. The van der Waals surface area contributed by atoms with Gasteiger partial charge >= 0.3 is 0 Å². The average Bonchev–Trinajstić information content (AvgIpc) is 3.23. The van der Waals surface area contributed by atoms with E-state index in [9.17, 15) is 4.79 Å². The Morgan fingerprint density at radius 1 is 1.09 bits per heavy atom. The van der Waals surface area contributed by atoms with Gasteiger partial charge in [-0.05, 0) is 56.5 Å². The molecule has 4 aromatic rings. The van der Waals surface area contributed by atoms with Crippen molar-refractivity contribution in [1.82, 2.24) is 24.8 Å². The first-order valence-electron chi connectivity index (χ1n) is 10.6. The summed E-state index contributed by atoms with van der Waals surface area (Å²) in [5.74, 6) is 1.34. The Balaban J connectivity index is 1.45. The molecule has 1 aliphatic heterocycles. The number of hydrogen-bond acceptors (Lipinski definition) is 5. The smallest absolute Gasteiger partial charge is 0.255 e. The topological polar surface area (TPSA) is 86.8 Å². The molecule has 7 nitrogen and oxygen atoms in total. The van der Waals surface area contributed by atoms with Crippen molar-refractivity contribution in [1.29, 1.82) is 0 Å². The van der Waals surface area contributed by atoms with Crippen molar-refractivity contribution in [2.24, 2.45) is 0 Å². The molecule has 1 fully saturated rings. The lowest BCUT2D eigenvalue weighted by Crippen LogP contribution is -2.35. The van der Waals surface area contributed by atoms with E-state index in [2.05, 4.69) is 25.3 Å². The molecule has 2 N–H and O–H groups in total. The number of amides is 1. The molecule has 1 amide bonds. The number of fused-ring (bicyclic) bond motifs is 2. The minimum atomic E-state index is -0.160. The first-order chi connectivity index (χ1) is 15.5. The van der Waals surface area contributed by atoms with Crippen molar-refractivity contribution >= 4 is 56.9 Å². The molecule has 1 aliphatic rings. The highest BCUT2D eigenvalue weighted by atomic mass is 35.5. The Morgan fingerprint density at radius 2 is 1.91 bits per heavy atom. The third kappa shape index (κ3) is 3.98. The van der Waals surface area contributed by atoms with E-state index in [4.69, 9.17) is 23.2 Å². The van der Waals surface area contributed by atoms with Crippen LogP contribution in [0.1, 0.15) is 48.4 Å². The lowest BCUT2D eigenvalue weighted by Gasteiger charge is -2.27. The summed E-state index contributed by atoms with van der Waals surface area (Å²) in [6.07, 6.45) is 4.70. The number of rotatable bonds is 4. The molecule has 0 saturated carbocycles. The van der Waals surface area contributed by atoms with E-state index in [0.29, 0.717) is 26.9 Å². The maximum Gasteiger partial charge on any atom is 0.255 e. The van der Waals surface area contributed by atoms with Gasteiger partial charge in [0.05, 0.1) is 33.2 Å². The second-order valence-electron chi connectivity index (χ2n) is 8.07. The SMILES string of the molecule is CC(Nc1ncnc2cc(C(=O)N3CCCCC3)c(Cl)cc12)c1nc2cc(Cl)ccc2[nH]1. The number of carbonyl (C=O) groups is 1. The number of imidazole rings is 1. The van der Waals surface area contributed by atoms with Crippen molar-refractivity contribution in [3.05, 3.63) is 58.1 Å². The highest BCUT2D eigenvalue weighted by Gasteiger charge is 2.22. The summed E-state index contributed by atoms with van der Waals surface area (Å²) in [4.78, 5) is 31.6. The van der Waals surface area contributed by atoms with Gasteiger partial charge < -0.3 is 15.2 Å². The molecule has 0 bridgehead atoms. The normalized spacial score (nSPS) is 15.3. The Hall–Kier alpha value is -2.90. The molecule has 5 rings (SSSR count). The maximum atomic E-state index is 13.0. The van der Waals surface area contributed by atoms with Crippen LogP contribution < -0.4 is 5.32 Å². The zero-order valence-electron chi connectivity index (χ0n) is 17.5. The van der Waals surface area contributed by atoms with Crippen LogP contribution in [0.3, 0.4) is 0 Å². The number of halogens is 2. The number of H-pyrrole nitrogens is 1. The molecule has 164 valence electrons. The molecule has 2 aromatic carbocycles. The lowest BCUT2D eigenvalue weighted by atomic mass is 10.1. The number of anilines is 1. The summed E-state index contributed by atoms with van der Waals surface area (Å²) in [6.45, 7) is 3.52. The summed E-state index contributed by atoms with van der Waals surface area (Å²) in [5.41, 5.74) is 2.86. The van der Waals surface area contributed by atoms with Crippen molar-refractivity contribution in [3.8, 4) is 0 Å². The second kappa shape index (κ2) is 8.56. The highest BCUT2D eigenvalue weighted by molar-refractivity contribution is 6.35. The van der Waals surface area contributed by atoms with E-state index in [1.54, 1.807) is 12.1 Å². The standard InChI is InChI=1S/C23H22Cl2N6O/c1-13(21-29-18-6-5-14(24)9-20(18)30-21)28-22-16-10-17(25)15(11-19(16)26-12-27-22)23(32)31-7-3-2-4-8-31/h5-6,9-13H,2-4,7-8H2,1H3,(H,29,30)(H,26,27,28). The Bertz CT molecular complexity index is 1310. The third-order valence-electron chi connectivity index (χ3n) is 5.82. The number of piperidine rings is 1. The van der Waals surface area contributed by atoms with E-state index in [1.807, 2.05) is 30.0 Å². The number of nitrogens with zero attached hydrogens (tertiary/aromatic N) is 4. The second-order valence-corrected chi connectivity index (χ2v) is 8.92. The summed E-state index contributed by atoms with van der Waals surface area (Å²) >= 11 is 12.6. The van der Waals surface area contributed by atoms with Crippen LogP contribution in [0.5, 0.6) is 0 Å². The van der Waals surface area contributed by atoms with E-state index in [0.717, 1.165) is 54.6 Å². The highest BCUT2D eigenvalue weighted by Crippen LogP contribution is 2.30. The van der Waals surface area contributed by atoms with Crippen LogP contribution >= 0.6 is 23.2 Å². The van der Waals surface area contributed by atoms with Gasteiger partial charge in [-0.1, -0.05) is 23.2 Å². The molecule has 32 heavy (non-hydrogen) atoms. The van der Waals surface area contributed by atoms with Gasteiger partial charge in [0.15, 0.2) is 0 Å². The molecule has 1 saturated heterocycles. The van der Waals surface area contributed by atoms with Crippen LogP contribution in [0.15, 0.2) is 36.7 Å². The van der Waals surface area contributed by atoms with Gasteiger partial charge in [-0.15, -0.1) is 0 Å². The minimum Gasteiger partial charge on any atom is -0.360 e. The molecular weight excluding hydrogens is 447 g/mol. The first kappa shape index (κ1) is 21.0. The molecule has 1 atom stereocenters. The van der Waals surface area contributed by atoms with Crippen LogP contribution in [0.25, 0.3) is 21.9 Å². The van der Waals surface area contributed by atoms with Crippen molar-refractivity contribution in [2.75, 3.05) is 18.4 Å². The molecule has 9 heteroatoms. The van der Waals surface area contributed by atoms with Gasteiger partial charge in [0.25, 0.3) is 5.91 Å². The van der Waals surface area contributed by atoms with E-state index in [1.165, 1.54) is 6.33 Å². The summed E-state index contributed by atoms with van der Waals surface area (Å²) in [7, 11) is 0. The van der Waals surface area contributed by atoms with Gasteiger partial charge in [0, 0.05) is 23.5 Å². The van der Waals surface area contributed by atoms with Crippen molar-refractivity contribution in [2.45, 2.75) is 32.2 Å². The molecule has 0 radical (unpaired) electrons. The minimum absolute atomic E-state index is 0.0426. The summed E-state index contributed by atoms with van der Waals surface area (Å²) in [6, 6.07) is 8.92. The van der Waals surface area contributed by atoms with Gasteiger partial charge in [0.2, 0.25) is 0 Å². The fourth-order valence-electron chi connectivity index (χ4n) is 4.10. The predicted molar refractivity (Wildman–Crippen MR) is 127 cm³/mol. The van der Waals surface area contributed by atoms with Crippen molar-refractivity contribution in [3.63, 3.8) is 0 Å². The molecule has 3 heterocycles. The van der Waals surface area contributed by atoms with Gasteiger partial charge in [-0.3, -0.25) is 4.79 Å². The average molecular weight is 469 g/mol. The van der Waals surface area contributed by atoms with Crippen LogP contribution in [0, 0.1) is 0 Å². The summed E-state index contributed by atoms with van der Waals surface area (Å²) in [5, 5.41) is 5.17. The van der Waals surface area contributed by atoms with E-state index < -0.39 is 0 Å². The quantitative estimate of drug-likeness (QED) is 0.406. The number of aromatic nitrogens is 4. The van der Waals surface area contributed by atoms with Gasteiger partial charge in [0.1, 0.15) is 18.0 Å². The number of hydrogen-bond donors (Lipinski definition) is 2. The fourth-order valence-corrected chi connectivity index (χ4v) is 4.51. The first-order valence-corrected chi connectivity index (χ1v) is 11.4. The Kier molecular flexibility index (Phi) is 5.61. The number of likely N-dealkylation sites (tertiary alicyclic amines) is 1. The number of benzene rings is 2. The van der Waals surface area contributed by atoms with Crippen LogP contribution in [-0.4, -0.2) is 43.8 Å². The number of carbonyl (C=O) groups excluding carboxylic acids is 1. The number of nitrogens with one attached hydrogen (secondary N) is 2. The molecule has 1 unspecified atom stereocenters. The van der Waals surface area contributed by atoms with Crippen LogP contribution in [0.2, 0.25) is 10.0 Å². The monoisotopic (exact) mass is 468 g/mol.